The van der Waals surface area contributed by atoms with Gasteiger partial charge in [0.2, 0.25) is 5.78 Å². The molecule has 39 heavy (non-hydrogen) atoms. The van der Waals surface area contributed by atoms with E-state index in [-0.39, 0.29) is 22.4 Å². The van der Waals surface area contributed by atoms with Gasteiger partial charge in [-0.3, -0.25) is 24.0 Å². The van der Waals surface area contributed by atoms with Gasteiger partial charge in [0.1, 0.15) is 12.7 Å². The summed E-state index contributed by atoms with van der Waals surface area (Å²) in [7, 11) is 0. The van der Waals surface area contributed by atoms with Crippen molar-refractivity contribution in [2.24, 2.45) is 0 Å². The Morgan fingerprint density at radius 2 is 1.51 bits per heavy atom. The van der Waals surface area contributed by atoms with Crippen LogP contribution in [0.25, 0.3) is 0 Å². The van der Waals surface area contributed by atoms with Crippen LogP contribution >= 0.6 is 11.3 Å². The predicted molar refractivity (Wildman–Crippen MR) is 132 cm³/mol. The van der Waals surface area contributed by atoms with E-state index in [1.54, 1.807) is 0 Å². The minimum atomic E-state index is -1.35. The molecule has 13 nitrogen and oxygen atoms in total. The van der Waals surface area contributed by atoms with E-state index in [9.17, 15) is 24.0 Å². The van der Waals surface area contributed by atoms with Gasteiger partial charge in [0, 0.05) is 33.3 Å². The summed E-state index contributed by atoms with van der Waals surface area (Å²) in [5.74, 6) is -3.23. The molecule has 1 aromatic carbocycles. The number of hydrogen-bond donors (Lipinski definition) is 1. The highest BCUT2D eigenvalue weighted by molar-refractivity contribution is 7.17. The monoisotopic (exact) mass is 559 g/mol. The lowest BCUT2D eigenvalue weighted by Gasteiger charge is -2.44. The number of thiazole rings is 1. The number of rotatable bonds is 9. The molecule has 0 spiro atoms. The van der Waals surface area contributed by atoms with Gasteiger partial charge in [-0.15, -0.1) is 0 Å². The summed E-state index contributed by atoms with van der Waals surface area (Å²) in [6, 6.07) is 8.06. The molecule has 1 saturated heterocycles. The predicted octanol–water partition coefficient (Wildman–Crippen LogP) is 1.74. The highest BCUT2D eigenvalue weighted by Gasteiger charge is 2.52. The second kappa shape index (κ2) is 12.9. The van der Waals surface area contributed by atoms with Gasteiger partial charge in [0.25, 0.3) is 0 Å². The van der Waals surface area contributed by atoms with Crippen LogP contribution in [0.4, 0.5) is 5.13 Å². The zero-order chi connectivity index (χ0) is 28.7. The van der Waals surface area contributed by atoms with Crippen molar-refractivity contribution < 1.29 is 47.7 Å². The van der Waals surface area contributed by atoms with Crippen molar-refractivity contribution >= 4 is 46.1 Å². The molecule has 14 heteroatoms. The fourth-order valence-corrected chi connectivity index (χ4v) is 4.56. The molecule has 1 N–H and O–H groups in total. The average Bonchev–Trinajstić information content (AvgIpc) is 3.33. The Morgan fingerprint density at radius 3 is 2.08 bits per heavy atom. The van der Waals surface area contributed by atoms with Crippen LogP contribution in [0.15, 0.2) is 30.5 Å². The Kier molecular flexibility index (Phi) is 9.69. The van der Waals surface area contributed by atoms with Crippen molar-refractivity contribution in [1.29, 1.82) is 5.26 Å². The first-order valence-electron chi connectivity index (χ1n) is 11.6. The lowest BCUT2D eigenvalue weighted by molar-refractivity contribution is -0.247. The topological polar surface area (TPSA) is 180 Å². The molecule has 0 aliphatic carbocycles. The molecular weight excluding hydrogens is 534 g/mol. The third-order valence-electron chi connectivity index (χ3n) is 5.26. The quantitative estimate of drug-likeness (QED) is 0.267. The smallest absolute Gasteiger partial charge is 0.303 e. The van der Waals surface area contributed by atoms with E-state index in [1.807, 2.05) is 6.07 Å². The SMILES string of the molecule is CC(=O)OC[C@H]1O[C@H](Nc2ncc(C(=O)c3ccc(C#N)cc3)s2)[C@@H](OC(C)=O)[C@@H](OC(C)=O)[C@@H]1OC(C)=O. The van der Waals surface area contributed by atoms with E-state index < -0.39 is 54.5 Å². The van der Waals surface area contributed by atoms with Gasteiger partial charge in [0.05, 0.1) is 22.7 Å². The van der Waals surface area contributed by atoms with Crippen molar-refractivity contribution in [3.05, 3.63) is 46.5 Å². The number of anilines is 1. The summed E-state index contributed by atoms with van der Waals surface area (Å²) >= 11 is 0.971. The summed E-state index contributed by atoms with van der Waals surface area (Å²) in [5.41, 5.74) is 0.748. The molecule has 2 aromatic rings. The largest absolute Gasteiger partial charge is 0.463 e. The fourth-order valence-electron chi connectivity index (χ4n) is 3.75. The van der Waals surface area contributed by atoms with E-state index in [0.29, 0.717) is 11.1 Å². The van der Waals surface area contributed by atoms with E-state index in [1.165, 1.54) is 37.4 Å². The highest BCUT2D eigenvalue weighted by Crippen LogP contribution is 2.31. The molecule has 3 rings (SSSR count). The van der Waals surface area contributed by atoms with Crippen LogP contribution < -0.4 is 5.32 Å². The van der Waals surface area contributed by atoms with Crippen LogP contribution in [0.3, 0.4) is 0 Å². The molecule has 1 aromatic heterocycles. The first-order chi connectivity index (χ1) is 18.5. The van der Waals surface area contributed by atoms with Gasteiger partial charge in [-0.25, -0.2) is 4.98 Å². The van der Waals surface area contributed by atoms with Crippen molar-refractivity contribution in [3.8, 4) is 6.07 Å². The number of ketones is 1. The van der Waals surface area contributed by atoms with E-state index in [4.69, 9.17) is 28.9 Å². The summed E-state index contributed by atoms with van der Waals surface area (Å²) in [4.78, 5) is 64.6. The second-order valence-corrected chi connectivity index (χ2v) is 9.34. The number of carbonyl (C=O) groups excluding carboxylic acids is 5. The molecule has 0 bridgehead atoms. The maximum atomic E-state index is 12.9. The number of esters is 4. The Labute approximate surface area is 226 Å². The van der Waals surface area contributed by atoms with Gasteiger partial charge < -0.3 is 29.0 Å². The molecule has 1 aliphatic rings. The molecule has 1 fully saturated rings. The number of hydrogen-bond acceptors (Lipinski definition) is 14. The van der Waals surface area contributed by atoms with E-state index >= 15 is 0 Å². The first kappa shape index (κ1) is 29.2. The fraction of sp³-hybridized carbons (Fsp3) is 0.400. The molecule has 2 heterocycles. The molecule has 1 aliphatic heterocycles. The van der Waals surface area contributed by atoms with Gasteiger partial charge in [0.15, 0.2) is 29.7 Å². The van der Waals surface area contributed by atoms with Crippen molar-refractivity contribution in [3.63, 3.8) is 0 Å². The van der Waals surface area contributed by atoms with Crippen LogP contribution in [-0.4, -0.2) is 71.9 Å². The van der Waals surface area contributed by atoms with Crippen LogP contribution in [0.1, 0.15) is 48.5 Å². The number of ether oxygens (including phenoxy) is 5. The minimum Gasteiger partial charge on any atom is -0.463 e. The summed E-state index contributed by atoms with van der Waals surface area (Å²) in [6.07, 6.45) is -5.00. The van der Waals surface area contributed by atoms with Crippen molar-refractivity contribution in [2.75, 3.05) is 11.9 Å². The normalized spacial score (nSPS) is 22.1. The van der Waals surface area contributed by atoms with Crippen molar-refractivity contribution in [2.45, 2.75) is 58.3 Å². The van der Waals surface area contributed by atoms with Gasteiger partial charge in [-0.1, -0.05) is 11.3 Å². The molecule has 206 valence electrons. The average molecular weight is 560 g/mol. The number of nitriles is 1. The van der Waals surface area contributed by atoms with Crippen molar-refractivity contribution in [1.82, 2.24) is 4.98 Å². The maximum Gasteiger partial charge on any atom is 0.303 e. The number of nitrogens with one attached hydrogen (secondary N) is 1. The van der Waals surface area contributed by atoms with Gasteiger partial charge in [-0.2, -0.15) is 5.26 Å². The summed E-state index contributed by atoms with van der Waals surface area (Å²) in [5, 5.41) is 12.1. The molecular formula is C25H25N3O10S. The third kappa shape index (κ3) is 7.82. The Hall–Kier alpha value is -4.35. The molecule has 0 saturated carbocycles. The molecule has 5 atom stereocenters. The molecule has 0 unspecified atom stereocenters. The maximum absolute atomic E-state index is 12.9. The van der Waals surface area contributed by atoms with E-state index in [0.717, 1.165) is 32.1 Å². The number of aromatic nitrogens is 1. The molecule has 0 amide bonds. The lowest BCUT2D eigenvalue weighted by atomic mass is 9.97. The van der Waals surface area contributed by atoms with Crippen LogP contribution in [0, 0.1) is 11.3 Å². The third-order valence-corrected chi connectivity index (χ3v) is 6.19. The summed E-state index contributed by atoms with van der Waals surface area (Å²) < 4.78 is 27.2. The minimum absolute atomic E-state index is 0.188. The Balaban J connectivity index is 1.92. The van der Waals surface area contributed by atoms with Crippen LogP contribution in [0.5, 0.6) is 0 Å². The van der Waals surface area contributed by atoms with E-state index in [2.05, 4.69) is 10.3 Å². The van der Waals surface area contributed by atoms with Crippen LogP contribution in [0.2, 0.25) is 0 Å². The van der Waals surface area contributed by atoms with Gasteiger partial charge >= 0.3 is 23.9 Å². The Bertz CT molecular complexity index is 1290. The molecule has 0 radical (unpaired) electrons. The number of carbonyl (C=O) groups is 5. The van der Waals surface area contributed by atoms with Gasteiger partial charge in [-0.05, 0) is 24.3 Å². The number of nitrogens with zero attached hydrogens (tertiary/aromatic N) is 2. The zero-order valence-electron chi connectivity index (χ0n) is 21.4. The zero-order valence-corrected chi connectivity index (χ0v) is 22.2. The Morgan fingerprint density at radius 1 is 0.923 bits per heavy atom. The lowest BCUT2D eigenvalue weighted by Crippen LogP contribution is -2.64. The number of benzene rings is 1. The standard InChI is InChI=1S/C25H25N3O10S/c1-12(29)34-11-18-21(35-13(2)30)22(36-14(3)31)23(37-15(4)32)24(38-18)28-25-27-10-19(39-25)20(33)17-7-5-16(9-26)6-8-17/h5-8,10,18,21-24H,11H2,1-4H3,(H,27,28)/t18-,21-,22+,23+,24+/m1/s1. The second-order valence-electron chi connectivity index (χ2n) is 8.31. The highest BCUT2D eigenvalue weighted by atomic mass is 32.1. The first-order valence-corrected chi connectivity index (χ1v) is 12.4. The van der Waals surface area contributed by atoms with Crippen LogP contribution in [-0.2, 0) is 42.9 Å². The summed E-state index contributed by atoms with van der Waals surface area (Å²) in [6.45, 7) is 4.17.